The third kappa shape index (κ3) is 3.41. The molecule has 0 saturated carbocycles. The number of amides is 1. The highest BCUT2D eigenvalue weighted by Gasteiger charge is 2.27. The molecule has 104 valence electrons. The van der Waals surface area contributed by atoms with Crippen LogP contribution in [-0.4, -0.2) is 17.4 Å². The van der Waals surface area contributed by atoms with Crippen molar-refractivity contribution in [1.29, 1.82) is 0 Å². The van der Waals surface area contributed by atoms with Crippen molar-refractivity contribution in [2.24, 2.45) is 5.41 Å². The van der Waals surface area contributed by atoms with Crippen LogP contribution >= 0.6 is 11.6 Å². The molecule has 1 saturated heterocycles. The minimum atomic E-state index is 0.199. The first-order valence-corrected chi connectivity index (χ1v) is 7.07. The number of likely N-dealkylation sites (tertiary alicyclic amines) is 1. The molecule has 0 unspecified atom stereocenters. The van der Waals surface area contributed by atoms with E-state index in [4.69, 9.17) is 17.3 Å². The minimum Gasteiger partial charge on any atom is -0.398 e. The number of hydrogen-bond acceptors (Lipinski definition) is 2. The van der Waals surface area contributed by atoms with Crippen molar-refractivity contribution in [3.63, 3.8) is 0 Å². The van der Waals surface area contributed by atoms with Gasteiger partial charge in [-0.25, -0.2) is 0 Å². The number of nitrogen functional groups attached to an aromatic ring is 1. The Bertz CT molecular complexity index is 465. The van der Waals surface area contributed by atoms with E-state index in [1.165, 1.54) is 0 Å². The van der Waals surface area contributed by atoms with Crippen molar-refractivity contribution in [1.82, 2.24) is 4.90 Å². The van der Waals surface area contributed by atoms with Crippen LogP contribution in [0.1, 0.15) is 38.7 Å². The molecule has 2 rings (SSSR count). The molecule has 1 aromatic carbocycles. The average Bonchev–Trinajstić information content (AvgIpc) is 2.46. The van der Waals surface area contributed by atoms with Gasteiger partial charge in [-0.05, 0) is 30.4 Å². The fraction of sp³-hybridized carbons (Fsp3) is 0.533. The summed E-state index contributed by atoms with van der Waals surface area (Å²) in [5, 5.41) is 0.635. The van der Waals surface area contributed by atoms with E-state index < -0.39 is 0 Å². The lowest BCUT2D eigenvalue weighted by molar-refractivity contribution is -0.131. The molecule has 19 heavy (non-hydrogen) atoms. The van der Waals surface area contributed by atoms with Gasteiger partial charge in [0.15, 0.2) is 0 Å². The third-order valence-corrected chi connectivity index (χ3v) is 4.29. The fourth-order valence-corrected chi connectivity index (χ4v) is 2.63. The molecule has 1 aromatic rings. The van der Waals surface area contributed by atoms with Gasteiger partial charge in [0.25, 0.3) is 0 Å². The first-order chi connectivity index (χ1) is 8.89. The third-order valence-electron chi connectivity index (χ3n) is 3.93. The van der Waals surface area contributed by atoms with Crippen LogP contribution in [0.15, 0.2) is 18.2 Å². The van der Waals surface area contributed by atoms with Crippen LogP contribution in [0.3, 0.4) is 0 Å². The molecular formula is C15H21ClN2O. The van der Waals surface area contributed by atoms with E-state index in [9.17, 15) is 4.79 Å². The van der Waals surface area contributed by atoms with Crippen molar-refractivity contribution < 1.29 is 4.79 Å². The standard InChI is InChI=1S/C15H21ClN2O/c1-15(2)7-6-14(19)18(9-8-15)10-11-12(16)4-3-5-13(11)17/h3-5H,6-10,17H2,1-2H3. The summed E-state index contributed by atoms with van der Waals surface area (Å²) < 4.78 is 0. The topological polar surface area (TPSA) is 46.3 Å². The van der Waals surface area contributed by atoms with Crippen LogP contribution in [0.25, 0.3) is 0 Å². The molecular weight excluding hydrogens is 260 g/mol. The van der Waals surface area contributed by atoms with E-state index >= 15 is 0 Å². The molecule has 0 aromatic heterocycles. The van der Waals surface area contributed by atoms with Crippen molar-refractivity contribution in [2.45, 2.75) is 39.7 Å². The van der Waals surface area contributed by atoms with E-state index in [1.54, 1.807) is 0 Å². The van der Waals surface area contributed by atoms with E-state index in [1.807, 2.05) is 23.1 Å². The Balaban J connectivity index is 2.16. The highest BCUT2D eigenvalue weighted by atomic mass is 35.5. The van der Waals surface area contributed by atoms with Gasteiger partial charge in [-0.2, -0.15) is 0 Å². The van der Waals surface area contributed by atoms with Crippen LogP contribution in [0.4, 0.5) is 5.69 Å². The summed E-state index contributed by atoms with van der Waals surface area (Å²) in [7, 11) is 0. The Hall–Kier alpha value is -1.22. The number of carbonyl (C=O) groups is 1. The van der Waals surface area contributed by atoms with Crippen LogP contribution in [0.2, 0.25) is 5.02 Å². The van der Waals surface area contributed by atoms with Gasteiger partial charge in [0.2, 0.25) is 5.91 Å². The highest BCUT2D eigenvalue weighted by molar-refractivity contribution is 6.31. The number of nitrogens with two attached hydrogens (primary N) is 1. The van der Waals surface area contributed by atoms with E-state index in [0.717, 1.165) is 24.9 Å². The summed E-state index contributed by atoms with van der Waals surface area (Å²) in [5.41, 5.74) is 7.70. The van der Waals surface area contributed by atoms with Gasteiger partial charge in [0.05, 0.1) is 0 Å². The molecule has 0 aliphatic carbocycles. The summed E-state index contributed by atoms with van der Waals surface area (Å²) in [5.74, 6) is 0.199. The smallest absolute Gasteiger partial charge is 0.222 e. The number of anilines is 1. The lowest BCUT2D eigenvalue weighted by atomic mass is 9.85. The predicted molar refractivity (Wildman–Crippen MR) is 78.9 cm³/mol. The van der Waals surface area contributed by atoms with E-state index in [0.29, 0.717) is 23.7 Å². The van der Waals surface area contributed by atoms with Gasteiger partial charge in [-0.1, -0.05) is 31.5 Å². The van der Waals surface area contributed by atoms with Crippen LogP contribution in [-0.2, 0) is 11.3 Å². The van der Waals surface area contributed by atoms with Gasteiger partial charge >= 0.3 is 0 Å². The summed E-state index contributed by atoms with van der Waals surface area (Å²) in [6.07, 6.45) is 2.57. The monoisotopic (exact) mass is 280 g/mol. The van der Waals surface area contributed by atoms with E-state index in [2.05, 4.69) is 13.8 Å². The van der Waals surface area contributed by atoms with E-state index in [-0.39, 0.29) is 11.3 Å². The Morgan fingerprint density at radius 3 is 2.79 bits per heavy atom. The van der Waals surface area contributed by atoms with Gasteiger partial charge in [-0.3, -0.25) is 4.79 Å². The van der Waals surface area contributed by atoms with Gasteiger partial charge in [0, 0.05) is 35.8 Å². The first-order valence-electron chi connectivity index (χ1n) is 6.70. The zero-order valence-electron chi connectivity index (χ0n) is 11.6. The lowest BCUT2D eigenvalue weighted by Gasteiger charge is -2.24. The lowest BCUT2D eigenvalue weighted by Crippen LogP contribution is -2.30. The number of carbonyl (C=O) groups excluding carboxylic acids is 1. The van der Waals surface area contributed by atoms with Crippen LogP contribution < -0.4 is 5.73 Å². The Labute approximate surface area is 119 Å². The summed E-state index contributed by atoms with van der Waals surface area (Å²) in [6, 6.07) is 5.47. The van der Waals surface area contributed by atoms with Gasteiger partial charge in [-0.15, -0.1) is 0 Å². The quantitative estimate of drug-likeness (QED) is 0.843. The van der Waals surface area contributed by atoms with Crippen LogP contribution in [0, 0.1) is 5.41 Å². The normalized spacial score (nSPS) is 19.3. The minimum absolute atomic E-state index is 0.199. The molecule has 0 radical (unpaired) electrons. The second-order valence-electron chi connectivity index (χ2n) is 6.04. The number of benzene rings is 1. The molecule has 1 amide bonds. The molecule has 1 aliphatic heterocycles. The second-order valence-corrected chi connectivity index (χ2v) is 6.44. The maximum Gasteiger partial charge on any atom is 0.222 e. The molecule has 1 heterocycles. The zero-order valence-corrected chi connectivity index (χ0v) is 12.3. The molecule has 2 N–H and O–H groups in total. The molecule has 0 spiro atoms. The molecule has 4 heteroatoms. The van der Waals surface area contributed by atoms with Crippen LogP contribution in [0.5, 0.6) is 0 Å². The Kier molecular flexibility index (Phi) is 4.04. The maximum atomic E-state index is 12.2. The molecule has 0 atom stereocenters. The number of hydrogen-bond donors (Lipinski definition) is 1. The zero-order chi connectivity index (χ0) is 14.0. The highest BCUT2D eigenvalue weighted by Crippen LogP contribution is 2.32. The average molecular weight is 281 g/mol. The SMILES string of the molecule is CC1(C)CCC(=O)N(Cc2c(N)cccc2Cl)CC1. The van der Waals surface area contributed by atoms with Crippen molar-refractivity contribution in [2.75, 3.05) is 12.3 Å². The first kappa shape index (κ1) is 14.2. The number of halogens is 1. The molecule has 3 nitrogen and oxygen atoms in total. The fourth-order valence-electron chi connectivity index (χ4n) is 2.39. The number of nitrogens with zero attached hydrogens (tertiary/aromatic N) is 1. The largest absolute Gasteiger partial charge is 0.398 e. The predicted octanol–water partition coefficient (Wildman–Crippen LogP) is 3.46. The number of rotatable bonds is 2. The summed E-state index contributed by atoms with van der Waals surface area (Å²) in [4.78, 5) is 14.1. The van der Waals surface area contributed by atoms with Gasteiger partial charge < -0.3 is 10.6 Å². The molecule has 1 fully saturated rings. The van der Waals surface area contributed by atoms with Crippen molar-refractivity contribution in [3.05, 3.63) is 28.8 Å². The van der Waals surface area contributed by atoms with Crippen molar-refractivity contribution in [3.8, 4) is 0 Å². The molecule has 1 aliphatic rings. The van der Waals surface area contributed by atoms with Crippen molar-refractivity contribution >= 4 is 23.2 Å². The van der Waals surface area contributed by atoms with Gasteiger partial charge in [0.1, 0.15) is 0 Å². The Morgan fingerprint density at radius 2 is 2.11 bits per heavy atom. The Morgan fingerprint density at radius 1 is 1.37 bits per heavy atom. The second kappa shape index (κ2) is 5.41. The summed E-state index contributed by atoms with van der Waals surface area (Å²) in [6.45, 7) is 5.72. The molecule has 0 bridgehead atoms. The maximum absolute atomic E-state index is 12.2. The summed E-state index contributed by atoms with van der Waals surface area (Å²) >= 11 is 6.18.